The van der Waals surface area contributed by atoms with Gasteiger partial charge < -0.3 is 0 Å². The maximum atomic E-state index is 12.8. The SMILES string of the molecule is O=S(=O)(O)c1ccc(C#Cc2cnc3ccc(-c4ccc(C(F)(F)F)cc4)cn23)s1. The molecule has 0 aliphatic rings. The van der Waals surface area contributed by atoms with Gasteiger partial charge in [0.25, 0.3) is 0 Å². The predicted molar refractivity (Wildman–Crippen MR) is 106 cm³/mol. The Hall–Kier alpha value is -3.13. The monoisotopic (exact) mass is 448 g/mol. The van der Waals surface area contributed by atoms with Crippen LogP contribution in [0.5, 0.6) is 0 Å². The Morgan fingerprint density at radius 2 is 1.67 bits per heavy atom. The number of hydrogen-bond acceptors (Lipinski definition) is 4. The van der Waals surface area contributed by atoms with Gasteiger partial charge in [0.2, 0.25) is 0 Å². The first-order valence-corrected chi connectivity index (χ1v) is 10.6. The quantitative estimate of drug-likeness (QED) is 0.356. The second kappa shape index (κ2) is 7.28. The summed E-state index contributed by atoms with van der Waals surface area (Å²) in [6, 6.07) is 11.1. The van der Waals surface area contributed by atoms with Crippen molar-refractivity contribution in [2.45, 2.75) is 10.4 Å². The molecule has 0 aliphatic heterocycles. The zero-order valence-corrected chi connectivity index (χ0v) is 16.5. The maximum absolute atomic E-state index is 12.8. The van der Waals surface area contributed by atoms with E-state index in [4.69, 9.17) is 4.55 Å². The summed E-state index contributed by atoms with van der Waals surface area (Å²) in [6.07, 6.45) is -1.14. The number of rotatable bonds is 2. The van der Waals surface area contributed by atoms with E-state index in [-0.39, 0.29) is 4.21 Å². The smallest absolute Gasteiger partial charge is 0.292 e. The van der Waals surface area contributed by atoms with Gasteiger partial charge in [0.05, 0.1) is 16.6 Å². The molecule has 1 N–H and O–H groups in total. The number of halogens is 3. The third kappa shape index (κ3) is 4.09. The fourth-order valence-electron chi connectivity index (χ4n) is 2.75. The molecule has 5 nitrogen and oxygen atoms in total. The molecule has 0 spiro atoms. The van der Waals surface area contributed by atoms with Gasteiger partial charge in [-0.25, -0.2) is 4.98 Å². The molecule has 0 bridgehead atoms. The van der Waals surface area contributed by atoms with Crippen molar-refractivity contribution in [1.29, 1.82) is 0 Å². The summed E-state index contributed by atoms with van der Waals surface area (Å²) in [5.41, 5.74) is 1.68. The zero-order valence-electron chi connectivity index (χ0n) is 14.9. The van der Waals surface area contributed by atoms with Crippen molar-refractivity contribution in [2.75, 3.05) is 0 Å². The molecular weight excluding hydrogens is 437 g/mol. The van der Waals surface area contributed by atoms with Crippen molar-refractivity contribution >= 4 is 27.1 Å². The predicted octanol–water partition coefficient (Wildman–Crippen LogP) is 4.73. The van der Waals surface area contributed by atoms with Crippen molar-refractivity contribution in [1.82, 2.24) is 9.38 Å². The van der Waals surface area contributed by atoms with Crippen molar-refractivity contribution in [3.8, 4) is 23.0 Å². The molecule has 1 aromatic carbocycles. The number of aromatic nitrogens is 2. The van der Waals surface area contributed by atoms with Crippen molar-refractivity contribution in [3.05, 3.63) is 77.1 Å². The number of hydrogen-bond donors (Lipinski definition) is 1. The molecule has 0 aliphatic carbocycles. The van der Waals surface area contributed by atoms with Crippen LogP contribution in [0.4, 0.5) is 13.2 Å². The molecule has 30 heavy (non-hydrogen) atoms. The van der Waals surface area contributed by atoms with Gasteiger partial charge in [-0.15, -0.1) is 11.3 Å². The lowest BCUT2D eigenvalue weighted by atomic mass is 10.1. The average molecular weight is 448 g/mol. The Kier molecular flexibility index (Phi) is 4.89. The van der Waals surface area contributed by atoms with E-state index in [1.54, 1.807) is 22.7 Å². The van der Waals surface area contributed by atoms with Crippen LogP contribution in [0.1, 0.15) is 16.1 Å². The Labute approximate surface area is 173 Å². The highest BCUT2D eigenvalue weighted by Crippen LogP contribution is 2.31. The van der Waals surface area contributed by atoms with E-state index in [0.717, 1.165) is 23.5 Å². The maximum Gasteiger partial charge on any atom is 0.416 e. The second-order valence-corrected chi connectivity index (χ2v) is 8.94. The van der Waals surface area contributed by atoms with Gasteiger partial charge in [0.15, 0.2) is 0 Å². The first-order chi connectivity index (χ1) is 14.1. The molecule has 4 rings (SSSR count). The van der Waals surface area contributed by atoms with Crippen LogP contribution in [0.15, 0.2) is 65.1 Å². The number of alkyl halides is 3. The van der Waals surface area contributed by atoms with Gasteiger partial charge in [-0.05, 0) is 59.4 Å². The third-order valence-corrected chi connectivity index (χ3v) is 6.52. The Balaban J connectivity index is 1.68. The van der Waals surface area contributed by atoms with E-state index in [2.05, 4.69) is 16.8 Å². The number of imidazole rings is 1. The highest BCUT2D eigenvalue weighted by Gasteiger charge is 2.29. The number of thiophene rings is 1. The third-order valence-electron chi connectivity index (χ3n) is 4.20. The van der Waals surface area contributed by atoms with E-state index < -0.39 is 21.9 Å². The molecule has 0 unspecified atom stereocenters. The van der Waals surface area contributed by atoms with Gasteiger partial charge in [-0.3, -0.25) is 8.95 Å². The first-order valence-electron chi connectivity index (χ1n) is 8.35. The first kappa shape index (κ1) is 20.2. The summed E-state index contributed by atoms with van der Waals surface area (Å²) in [6.45, 7) is 0. The second-order valence-electron chi connectivity index (χ2n) is 6.21. The standard InChI is InChI=1S/C20H11F3N2O3S2/c21-20(22,23)15-4-1-13(2-5-15)14-3-9-18-24-11-16(25(18)12-14)6-7-17-8-10-19(29-17)30(26,27)28/h1-5,8-12H,(H,26,27,28). The molecule has 3 heterocycles. The fourth-order valence-corrected chi connectivity index (χ4v) is 4.27. The van der Waals surface area contributed by atoms with E-state index in [0.29, 0.717) is 27.3 Å². The highest BCUT2D eigenvalue weighted by molar-refractivity contribution is 7.88. The molecule has 0 radical (unpaired) electrons. The lowest BCUT2D eigenvalue weighted by molar-refractivity contribution is -0.137. The average Bonchev–Trinajstić information content (AvgIpc) is 3.32. The summed E-state index contributed by atoms with van der Waals surface area (Å²) in [4.78, 5) is 4.68. The molecule has 0 amide bonds. The van der Waals surface area contributed by atoms with Gasteiger partial charge in [-0.2, -0.15) is 21.6 Å². The van der Waals surface area contributed by atoms with Crippen LogP contribution in [0.3, 0.4) is 0 Å². The highest BCUT2D eigenvalue weighted by atomic mass is 32.3. The minimum absolute atomic E-state index is 0.200. The van der Waals surface area contributed by atoms with Crippen LogP contribution >= 0.6 is 11.3 Å². The molecule has 4 aromatic rings. The summed E-state index contributed by atoms with van der Waals surface area (Å²) >= 11 is 0.837. The van der Waals surface area contributed by atoms with Crippen molar-refractivity contribution < 1.29 is 26.1 Å². The van der Waals surface area contributed by atoms with Crippen LogP contribution in [0.2, 0.25) is 0 Å². The van der Waals surface area contributed by atoms with Crippen LogP contribution in [-0.4, -0.2) is 22.4 Å². The summed E-state index contributed by atoms with van der Waals surface area (Å²) in [7, 11) is -4.27. The lowest BCUT2D eigenvalue weighted by Gasteiger charge is -2.08. The van der Waals surface area contributed by atoms with Crippen molar-refractivity contribution in [3.63, 3.8) is 0 Å². The van der Waals surface area contributed by atoms with Gasteiger partial charge in [0, 0.05) is 6.20 Å². The Bertz CT molecular complexity index is 1410. The minimum atomic E-state index is -4.40. The number of fused-ring (bicyclic) bond motifs is 1. The van der Waals surface area contributed by atoms with Crippen LogP contribution in [0.25, 0.3) is 16.8 Å². The molecule has 152 valence electrons. The molecule has 0 saturated heterocycles. The van der Waals surface area contributed by atoms with E-state index in [9.17, 15) is 21.6 Å². The summed E-state index contributed by atoms with van der Waals surface area (Å²) < 4.78 is 71.1. The Morgan fingerprint density at radius 3 is 2.30 bits per heavy atom. The molecular formula is C20H11F3N2O3S2. The van der Waals surface area contributed by atoms with Crippen molar-refractivity contribution in [2.24, 2.45) is 0 Å². The topological polar surface area (TPSA) is 71.7 Å². The van der Waals surface area contributed by atoms with E-state index >= 15 is 0 Å². The normalized spacial score (nSPS) is 12.0. The van der Waals surface area contributed by atoms with E-state index in [1.165, 1.54) is 30.5 Å². The van der Waals surface area contributed by atoms with Crippen LogP contribution in [-0.2, 0) is 16.3 Å². The van der Waals surface area contributed by atoms with E-state index in [1.807, 2.05) is 0 Å². The molecule has 0 saturated carbocycles. The number of pyridine rings is 1. The van der Waals surface area contributed by atoms with Gasteiger partial charge in [0.1, 0.15) is 15.6 Å². The lowest BCUT2D eigenvalue weighted by Crippen LogP contribution is -2.04. The summed E-state index contributed by atoms with van der Waals surface area (Å²) in [5.74, 6) is 5.71. The molecule has 0 fully saturated rings. The van der Waals surface area contributed by atoms with Gasteiger partial charge in [-0.1, -0.05) is 12.1 Å². The minimum Gasteiger partial charge on any atom is -0.292 e. The summed E-state index contributed by atoms with van der Waals surface area (Å²) in [5, 5.41) is 0. The molecule has 3 aromatic heterocycles. The molecule has 0 atom stereocenters. The fraction of sp³-hybridized carbons (Fsp3) is 0.0500. The molecule has 10 heteroatoms. The van der Waals surface area contributed by atoms with Crippen LogP contribution in [0, 0.1) is 11.8 Å². The number of nitrogens with zero attached hydrogens (tertiary/aromatic N) is 2. The largest absolute Gasteiger partial charge is 0.416 e. The Morgan fingerprint density at radius 1 is 0.967 bits per heavy atom. The number of benzene rings is 1. The zero-order chi connectivity index (χ0) is 21.5. The van der Waals surface area contributed by atoms with Gasteiger partial charge >= 0.3 is 16.3 Å². The van der Waals surface area contributed by atoms with Crippen LogP contribution < -0.4 is 0 Å².